The van der Waals surface area contributed by atoms with E-state index in [0.29, 0.717) is 5.75 Å². The number of halogens is 1. The van der Waals surface area contributed by atoms with Crippen LogP contribution >= 0.6 is 0 Å². The average Bonchev–Trinajstić information content (AvgIpc) is 2.46. The van der Waals surface area contributed by atoms with E-state index in [1.807, 2.05) is 38.1 Å². The summed E-state index contributed by atoms with van der Waals surface area (Å²) in [6, 6.07) is 11.9. The van der Waals surface area contributed by atoms with E-state index in [0.717, 1.165) is 16.7 Å². The van der Waals surface area contributed by atoms with Gasteiger partial charge in [0.25, 0.3) is 0 Å². The van der Waals surface area contributed by atoms with Crippen LogP contribution in [0.4, 0.5) is 4.39 Å². The Kier molecular flexibility index (Phi) is 4.56. The number of hydrogen-bond donors (Lipinski definition) is 1. The SMILES string of the molecule is Cc1ccc([C@@H](C)N)c(OCc2ccc(F)c(C#N)c2)c1. The van der Waals surface area contributed by atoms with Crippen molar-refractivity contribution in [2.24, 2.45) is 5.73 Å². The Hall–Kier alpha value is -2.38. The smallest absolute Gasteiger partial charge is 0.140 e. The first kappa shape index (κ1) is 15.0. The Morgan fingerprint density at radius 1 is 1.29 bits per heavy atom. The van der Waals surface area contributed by atoms with Gasteiger partial charge in [0, 0.05) is 11.6 Å². The van der Waals surface area contributed by atoms with Crippen molar-refractivity contribution >= 4 is 0 Å². The highest BCUT2D eigenvalue weighted by atomic mass is 19.1. The molecule has 21 heavy (non-hydrogen) atoms. The number of nitrogens with zero attached hydrogens (tertiary/aromatic N) is 1. The third-order valence-corrected chi connectivity index (χ3v) is 3.21. The van der Waals surface area contributed by atoms with Crippen molar-refractivity contribution in [2.75, 3.05) is 0 Å². The van der Waals surface area contributed by atoms with Crippen LogP contribution < -0.4 is 10.5 Å². The van der Waals surface area contributed by atoms with Crippen molar-refractivity contribution in [2.45, 2.75) is 26.5 Å². The summed E-state index contributed by atoms with van der Waals surface area (Å²) in [6.45, 7) is 4.13. The Morgan fingerprint density at radius 3 is 2.71 bits per heavy atom. The number of nitriles is 1. The molecule has 108 valence electrons. The van der Waals surface area contributed by atoms with E-state index in [4.69, 9.17) is 15.7 Å². The van der Waals surface area contributed by atoms with Gasteiger partial charge in [0.1, 0.15) is 24.2 Å². The monoisotopic (exact) mass is 284 g/mol. The second-order valence-corrected chi connectivity index (χ2v) is 5.04. The summed E-state index contributed by atoms with van der Waals surface area (Å²) in [4.78, 5) is 0. The molecule has 0 amide bonds. The van der Waals surface area contributed by atoms with Gasteiger partial charge in [-0.3, -0.25) is 0 Å². The topological polar surface area (TPSA) is 59.0 Å². The number of benzene rings is 2. The molecule has 0 spiro atoms. The molecule has 0 radical (unpaired) electrons. The molecule has 0 fully saturated rings. The minimum Gasteiger partial charge on any atom is -0.489 e. The zero-order valence-electron chi connectivity index (χ0n) is 12.1. The average molecular weight is 284 g/mol. The molecule has 0 saturated carbocycles. The van der Waals surface area contributed by atoms with E-state index >= 15 is 0 Å². The molecule has 0 unspecified atom stereocenters. The summed E-state index contributed by atoms with van der Waals surface area (Å²) in [6.07, 6.45) is 0. The number of aryl methyl sites for hydroxylation is 1. The summed E-state index contributed by atoms with van der Waals surface area (Å²) in [7, 11) is 0. The fraction of sp³-hybridized carbons (Fsp3) is 0.235. The summed E-state index contributed by atoms with van der Waals surface area (Å²) in [5.41, 5.74) is 8.68. The molecule has 2 N–H and O–H groups in total. The standard InChI is InChI=1S/C17H17FN2O/c1-11-3-5-15(12(2)20)17(7-11)21-10-13-4-6-16(18)14(8-13)9-19/h3-8,12H,10,20H2,1-2H3/t12-/m1/s1. The van der Waals surface area contributed by atoms with Gasteiger partial charge in [-0.25, -0.2) is 4.39 Å². The van der Waals surface area contributed by atoms with Crippen LogP contribution in [0.2, 0.25) is 0 Å². The van der Waals surface area contributed by atoms with Crippen molar-refractivity contribution in [1.82, 2.24) is 0 Å². The van der Waals surface area contributed by atoms with Gasteiger partial charge >= 0.3 is 0 Å². The van der Waals surface area contributed by atoms with Gasteiger partial charge < -0.3 is 10.5 Å². The van der Waals surface area contributed by atoms with Gasteiger partial charge in [0.2, 0.25) is 0 Å². The predicted molar refractivity (Wildman–Crippen MR) is 79.2 cm³/mol. The van der Waals surface area contributed by atoms with Crippen molar-refractivity contribution in [3.05, 3.63) is 64.5 Å². The quantitative estimate of drug-likeness (QED) is 0.933. The molecule has 0 aliphatic rings. The largest absolute Gasteiger partial charge is 0.489 e. The highest BCUT2D eigenvalue weighted by molar-refractivity contribution is 5.39. The van der Waals surface area contributed by atoms with Gasteiger partial charge in [-0.2, -0.15) is 5.26 Å². The van der Waals surface area contributed by atoms with E-state index in [1.165, 1.54) is 12.1 Å². The van der Waals surface area contributed by atoms with Crippen LogP contribution in [-0.2, 0) is 6.61 Å². The summed E-state index contributed by atoms with van der Waals surface area (Å²) >= 11 is 0. The second kappa shape index (κ2) is 6.38. The predicted octanol–water partition coefficient (Wildman–Crippen LogP) is 3.60. The van der Waals surface area contributed by atoms with Crippen LogP contribution in [0.15, 0.2) is 36.4 Å². The Morgan fingerprint density at radius 2 is 2.05 bits per heavy atom. The molecule has 2 rings (SSSR count). The van der Waals surface area contributed by atoms with Crippen molar-refractivity contribution in [1.29, 1.82) is 5.26 Å². The van der Waals surface area contributed by atoms with Crippen LogP contribution in [-0.4, -0.2) is 0 Å². The highest BCUT2D eigenvalue weighted by Gasteiger charge is 2.09. The number of ether oxygens (including phenoxy) is 1. The van der Waals surface area contributed by atoms with E-state index in [2.05, 4.69) is 0 Å². The van der Waals surface area contributed by atoms with Gasteiger partial charge in [-0.15, -0.1) is 0 Å². The second-order valence-electron chi connectivity index (χ2n) is 5.04. The Bertz CT molecular complexity index is 690. The lowest BCUT2D eigenvalue weighted by Gasteiger charge is -2.15. The first-order valence-corrected chi connectivity index (χ1v) is 6.68. The lowest BCUT2D eigenvalue weighted by atomic mass is 10.1. The van der Waals surface area contributed by atoms with Crippen LogP contribution in [0.5, 0.6) is 5.75 Å². The Balaban J connectivity index is 2.20. The maximum absolute atomic E-state index is 13.3. The molecular formula is C17H17FN2O. The molecular weight excluding hydrogens is 267 g/mol. The van der Waals surface area contributed by atoms with E-state index < -0.39 is 5.82 Å². The fourth-order valence-electron chi connectivity index (χ4n) is 2.05. The molecule has 0 aromatic heterocycles. The number of nitrogens with two attached hydrogens (primary N) is 1. The maximum Gasteiger partial charge on any atom is 0.140 e. The zero-order valence-corrected chi connectivity index (χ0v) is 12.1. The maximum atomic E-state index is 13.3. The van der Waals surface area contributed by atoms with E-state index in [9.17, 15) is 4.39 Å². The number of hydrogen-bond acceptors (Lipinski definition) is 3. The molecule has 0 saturated heterocycles. The molecule has 0 heterocycles. The Labute approximate surface area is 123 Å². The first-order chi connectivity index (χ1) is 10.0. The summed E-state index contributed by atoms with van der Waals surface area (Å²) in [5, 5.41) is 8.83. The fourth-order valence-corrected chi connectivity index (χ4v) is 2.05. The minimum atomic E-state index is -0.520. The minimum absolute atomic E-state index is 0.0211. The van der Waals surface area contributed by atoms with Crippen molar-refractivity contribution in [3.63, 3.8) is 0 Å². The van der Waals surface area contributed by atoms with E-state index in [1.54, 1.807) is 6.07 Å². The third kappa shape index (κ3) is 3.59. The highest BCUT2D eigenvalue weighted by Crippen LogP contribution is 2.26. The van der Waals surface area contributed by atoms with Crippen molar-refractivity contribution < 1.29 is 9.13 Å². The molecule has 4 heteroatoms. The van der Waals surface area contributed by atoms with Gasteiger partial charge in [-0.1, -0.05) is 18.2 Å². The lowest BCUT2D eigenvalue weighted by Crippen LogP contribution is -2.08. The molecule has 0 aliphatic heterocycles. The molecule has 2 aromatic carbocycles. The van der Waals surface area contributed by atoms with Crippen LogP contribution in [0.3, 0.4) is 0 Å². The van der Waals surface area contributed by atoms with Crippen LogP contribution in [0.25, 0.3) is 0 Å². The summed E-state index contributed by atoms with van der Waals surface area (Å²) in [5.74, 6) is 0.195. The summed E-state index contributed by atoms with van der Waals surface area (Å²) < 4.78 is 19.1. The van der Waals surface area contributed by atoms with Crippen molar-refractivity contribution in [3.8, 4) is 11.8 Å². The number of rotatable bonds is 4. The van der Waals surface area contributed by atoms with Crippen LogP contribution in [0, 0.1) is 24.1 Å². The van der Waals surface area contributed by atoms with Gasteiger partial charge in [-0.05, 0) is 43.2 Å². The lowest BCUT2D eigenvalue weighted by molar-refractivity contribution is 0.301. The van der Waals surface area contributed by atoms with Gasteiger partial charge in [0.15, 0.2) is 0 Å². The van der Waals surface area contributed by atoms with Gasteiger partial charge in [0.05, 0.1) is 5.56 Å². The first-order valence-electron chi connectivity index (χ1n) is 6.68. The van der Waals surface area contributed by atoms with Crippen LogP contribution in [0.1, 0.15) is 35.2 Å². The normalized spacial score (nSPS) is 11.8. The van der Waals surface area contributed by atoms with E-state index in [-0.39, 0.29) is 18.2 Å². The molecule has 2 aromatic rings. The molecule has 0 bridgehead atoms. The molecule has 3 nitrogen and oxygen atoms in total. The third-order valence-electron chi connectivity index (χ3n) is 3.21. The molecule has 0 aliphatic carbocycles. The zero-order chi connectivity index (χ0) is 15.4. The molecule has 1 atom stereocenters.